The maximum absolute atomic E-state index is 12.9. The molecule has 0 aliphatic heterocycles. The van der Waals surface area contributed by atoms with Crippen LogP contribution < -0.4 is 5.73 Å². The molecule has 0 fully saturated rings. The molecule has 0 radical (unpaired) electrons. The standard InChI is InChI=1S/C11H8Cl2F3N3/c1-19-10(17)8(9(18-19)11(14,15)16)5-2-3-6(12)7(13)4-5/h2-4H,17H2,1H3. The predicted octanol–water partition coefficient (Wildman–Crippen LogP) is 3.99. The topological polar surface area (TPSA) is 43.8 Å². The Bertz CT molecular complexity index is 635. The van der Waals surface area contributed by atoms with E-state index in [1.54, 1.807) is 0 Å². The molecule has 3 nitrogen and oxygen atoms in total. The fourth-order valence-electron chi connectivity index (χ4n) is 1.67. The summed E-state index contributed by atoms with van der Waals surface area (Å²) in [5.41, 5.74) is 4.61. The molecule has 0 saturated heterocycles. The van der Waals surface area contributed by atoms with Crippen LogP contribution in [0.25, 0.3) is 11.1 Å². The summed E-state index contributed by atoms with van der Waals surface area (Å²) in [5.74, 6) is -0.0919. The first-order chi connectivity index (χ1) is 8.71. The van der Waals surface area contributed by atoms with Crippen LogP contribution in [0.5, 0.6) is 0 Å². The molecule has 0 bridgehead atoms. The Hall–Kier alpha value is -1.40. The number of hydrogen-bond acceptors (Lipinski definition) is 2. The molecule has 8 heteroatoms. The Kier molecular flexibility index (Phi) is 3.40. The molecule has 1 heterocycles. The van der Waals surface area contributed by atoms with Crippen LogP contribution in [-0.2, 0) is 13.2 Å². The fraction of sp³-hybridized carbons (Fsp3) is 0.182. The van der Waals surface area contributed by atoms with Crippen molar-refractivity contribution in [3.8, 4) is 11.1 Å². The molecule has 0 aliphatic carbocycles. The highest BCUT2D eigenvalue weighted by molar-refractivity contribution is 6.42. The Balaban J connectivity index is 2.70. The number of nitrogen functional groups attached to an aromatic ring is 1. The maximum Gasteiger partial charge on any atom is 0.435 e. The minimum atomic E-state index is -4.60. The zero-order valence-electron chi connectivity index (χ0n) is 9.59. The normalized spacial score (nSPS) is 11.9. The lowest BCUT2D eigenvalue weighted by Gasteiger charge is -2.08. The number of aryl methyl sites for hydroxylation is 1. The molecular weight excluding hydrogens is 302 g/mol. The van der Waals surface area contributed by atoms with Crippen molar-refractivity contribution in [3.63, 3.8) is 0 Å². The fourth-order valence-corrected chi connectivity index (χ4v) is 1.97. The first-order valence-corrected chi connectivity index (χ1v) is 5.82. The van der Waals surface area contributed by atoms with Crippen molar-refractivity contribution in [2.75, 3.05) is 5.73 Å². The third-order valence-electron chi connectivity index (χ3n) is 2.57. The monoisotopic (exact) mass is 309 g/mol. The summed E-state index contributed by atoms with van der Waals surface area (Å²) >= 11 is 11.5. The third kappa shape index (κ3) is 2.50. The van der Waals surface area contributed by atoms with Gasteiger partial charge in [0.25, 0.3) is 0 Å². The zero-order chi connectivity index (χ0) is 14.4. The summed E-state index contributed by atoms with van der Waals surface area (Å²) in [6.45, 7) is 0. The van der Waals surface area contributed by atoms with Crippen LogP contribution in [0.15, 0.2) is 18.2 Å². The van der Waals surface area contributed by atoms with E-state index in [0.29, 0.717) is 0 Å². The quantitative estimate of drug-likeness (QED) is 0.865. The van der Waals surface area contributed by atoms with Crippen molar-refractivity contribution in [1.29, 1.82) is 0 Å². The number of hydrogen-bond donors (Lipinski definition) is 1. The SMILES string of the molecule is Cn1nc(C(F)(F)F)c(-c2ccc(Cl)c(Cl)c2)c1N. The highest BCUT2D eigenvalue weighted by Gasteiger charge is 2.39. The summed E-state index contributed by atoms with van der Waals surface area (Å²) in [6, 6.07) is 4.15. The average Bonchev–Trinajstić information content (AvgIpc) is 2.60. The van der Waals surface area contributed by atoms with Gasteiger partial charge in [0.05, 0.1) is 15.6 Å². The maximum atomic E-state index is 12.9. The van der Waals surface area contributed by atoms with Crippen molar-refractivity contribution >= 4 is 29.0 Å². The van der Waals surface area contributed by atoms with E-state index in [-0.39, 0.29) is 27.0 Å². The van der Waals surface area contributed by atoms with Gasteiger partial charge in [-0.1, -0.05) is 29.3 Å². The van der Waals surface area contributed by atoms with Gasteiger partial charge in [-0.2, -0.15) is 18.3 Å². The van der Waals surface area contributed by atoms with Crippen LogP contribution in [0.2, 0.25) is 10.0 Å². The highest BCUT2D eigenvalue weighted by atomic mass is 35.5. The number of nitrogens with zero attached hydrogens (tertiary/aromatic N) is 2. The Labute approximate surface area is 116 Å². The molecule has 2 aromatic rings. The number of benzene rings is 1. The van der Waals surface area contributed by atoms with Gasteiger partial charge in [0.1, 0.15) is 5.82 Å². The molecular formula is C11H8Cl2F3N3. The molecule has 1 aromatic carbocycles. The smallest absolute Gasteiger partial charge is 0.383 e. The van der Waals surface area contributed by atoms with Gasteiger partial charge in [0.2, 0.25) is 0 Å². The van der Waals surface area contributed by atoms with E-state index in [1.165, 1.54) is 25.2 Å². The van der Waals surface area contributed by atoms with E-state index in [2.05, 4.69) is 5.10 Å². The van der Waals surface area contributed by atoms with E-state index in [4.69, 9.17) is 28.9 Å². The lowest BCUT2D eigenvalue weighted by atomic mass is 10.1. The van der Waals surface area contributed by atoms with Crippen LogP contribution in [0.1, 0.15) is 5.69 Å². The van der Waals surface area contributed by atoms with Crippen molar-refractivity contribution in [2.24, 2.45) is 7.05 Å². The second-order valence-corrected chi connectivity index (χ2v) is 4.67. The number of anilines is 1. The number of nitrogens with two attached hydrogens (primary N) is 1. The number of halogens is 5. The minimum Gasteiger partial charge on any atom is -0.383 e. The molecule has 0 amide bonds. The zero-order valence-corrected chi connectivity index (χ0v) is 11.1. The molecule has 0 saturated carbocycles. The summed E-state index contributed by atoms with van der Waals surface area (Å²) < 4.78 is 39.7. The van der Waals surface area contributed by atoms with Gasteiger partial charge in [-0.25, -0.2) is 0 Å². The van der Waals surface area contributed by atoms with Gasteiger partial charge in [0.15, 0.2) is 5.69 Å². The Morgan fingerprint density at radius 1 is 1.21 bits per heavy atom. The number of alkyl halides is 3. The van der Waals surface area contributed by atoms with Gasteiger partial charge in [-0.05, 0) is 17.7 Å². The van der Waals surface area contributed by atoms with Crippen LogP contribution in [0.3, 0.4) is 0 Å². The van der Waals surface area contributed by atoms with Crippen LogP contribution in [0.4, 0.5) is 19.0 Å². The lowest BCUT2D eigenvalue weighted by molar-refractivity contribution is -0.140. The first kappa shape index (κ1) is 14.0. The van der Waals surface area contributed by atoms with Crippen molar-refractivity contribution in [2.45, 2.75) is 6.18 Å². The minimum absolute atomic E-state index is 0.0919. The molecule has 102 valence electrons. The van der Waals surface area contributed by atoms with Crippen molar-refractivity contribution in [3.05, 3.63) is 33.9 Å². The molecule has 19 heavy (non-hydrogen) atoms. The average molecular weight is 310 g/mol. The van der Waals surface area contributed by atoms with Crippen LogP contribution in [-0.4, -0.2) is 9.78 Å². The van der Waals surface area contributed by atoms with Gasteiger partial charge < -0.3 is 5.73 Å². The summed E-state index contributed by atoms with van der Waals surface area (Å²) in [6.07, 6.45) is -4.60. The molecule has 0 unspecified atom stereocenters. The highest BCUT2D eigenvalue weighted by Crippen LogP contribution is 2.40. The van der Waals surface area contributed by atoms with Crippen LogP contribution in [0, 0.1) is 0 Å². The largest absolute Gasteiger partial charge is 0.435 e. The van der Waals surface area contributed by atoms with Crippen molar-refractivity contribution in [1.82, 2.24) is 9.78 Å². The van der Waals surface area contributed by atoms with Gasteiger partial charge >= 0.3 is 6.18 Å². The molecule has 0 aliphatic rings. The lowest BCUT2D eigenvalue weighted by Crippen LogP contribution is -2.08. The van der Waals surface area contributed by atoms with E-state index >= 15 is 0 Å². The van der Waals surface area contributed by atoms with Crippen LogP contribution >= 0.6 is 23.2 Å². The Morgan fingerprint density at radius 3 is 2.37 bits per heavy atom. The molecule has 0 spiro atoms. The summed E-state index contributed by atoms with van der Waals surface area (Å²) in [5, 5.41) is 3.80. The Morgan fingerprint density at radius 2 is 1.84 bits per heavy atom. The van der Waals surface area contributed by atoms with Gasteiger partial charge in [0, 0.05) is 7.05 Å². The molecule has 1 aromatic heterocycles. The predicted molar refractivity (Wildman–Crippen MR) is 68.1 cm³/mol. The van der Waals surface area contributed by atoms with E-state index in [0.717, 1.165) is 4.68 Å². The second-order valence-electron chi connectivity index (χ2n) is 3.86. The first-order valence-electron chi connectivity index (χ1n) is 5.07. The third-order valence-corrected chi connectivity index (χ3v) is 3.31. The molecule has 2 rings (SSSR count). The molecule has 0 atom stereocenters. The summed E-state index contributed by atoms with van der Waals surface area (Å²) in [4.78, 5) is 0. The van der Waals surface area contributed by atoms with E-state index < -0.39 is 11.9 Å². The van der Waals surface area contributed by atoms with Gasteiger partial charge in [-0.3, -0.25) is 4.68 Å². The van der Waals surface area contributed by atoms with Crippen molar-refractivity contribution < 1.29 is 13.2 Å². The van der Waals surface area contributed by atoms with E-state index in [9.17, 15) is 13.2 Å². The summed E-state index contributed by atoms with van der Waals surface area (Å²) in [7, 11) is 1.34. The second kappa shape index (κ2) is 4.61. The number of aromatic nitrogens is 2. The van der Waals surface area contributed by atoms with E-state index in [1.807, 2.05) is 0 Å². The molecule has 2 N–H and O–H groups in total. The van der Waals surface area contributed by atoms with Gasteiger partial charge in [-0.15, -0.1) is 0 Å². The number of rotatable bonds is 1.